The van der Waals surface area contributed by atoms with Crippen LogP contribution in [0.15, 0.2) is 53.2 Å². The standard InChI is InChI=1S/C19H24N6O/c1-14(2)13-17(20)23-18-7-8-21-19(24-18)22-15-3-5-16(6-4-15)25-9-11-26-12-10-25/h3-8,13H,9-12H2,1-2H3,(H3,20,21,22,23,24). The molecule has 0 amide bonds. The molecule has 1 aliphatic heterocycles. The molecule has 0 atom stereocenters. The van der Waals surface area contributed by atoms with Crippen molar-refractivity contribution in [1.82, 2.24) is 9.97 Å². The number of allylic oxidation sites excluding steroid dienone is 1. The van der Waals surface area contributed by atoms with Crippen molar-refractivity contribution in [1.29, 1.82) is 0 Å². The van der Waals surface area contributed by atoms with Crippen LogP contribution < -0.4 is 16.0 Å². The van der Waals surface area contributed by atoms with E-state index in [2.05, 4.69) is 37.3 Å². The van der Waals surface area contributed by atoms with Crippen LogP contribution in [0.25, 0.3) is 0 Å². The van der Waals surface area contributed by atoms with Crippen molar-refractivity contribution in [3.8, 4) is 0 Å². The summed E-state index contributed by atoms with van der Waals surface area (Å²) in [7, 11) is 0. The number of morpholine rings is 1. The van der Waals surface area contributed by atoms with Gasteiger partial charge < -0.3 is 20.7 Å². The lowest BCUT2D eigenvalue weighted by atomic mass is 10.2. The lowest BCUT2D eigenvalue weighted by Gasteiger charge is -2.28. The molecular formula is C19H24N6O. The summed E-state index contributed by atoms with van der Waals surface area (Å²) in [6.45, 7) is 7.33. The molecule has 1 fully saturated rings. The molecule has 2 aromatic rings. The van der Waals surface area contributed by atoms with Gasteiger partial charge in [-0.05, 0) is 44.2 Å². The number of anilines is 3. The van der Waals surface area contributed by atoms with E-state index in [0.717, 1.165) is 37.6 Å². The third-order valence-electron chi connectivity index (χ3n) is 3.82. The highest BCUT2D eigenvalue weighted by Gasteiger charge is 2.10. The summed E-state index contributed by atoms with van der Waals surface area (Å²) in [5.74, 6) is 1.42. The molecule has 1 aromatic carbocycles. The maximum atomic E-state index is 5.88. The highest BCUT2D eigenvalue weighted by atomic mass is 16.5. The smallest absolute Gasteiger partial charge is 0.229 e. The number of ether oxygens (including phenoxy) is 1. The Bertz CT molecular complexity index is 790. The topological polar surface area (TPSA) is 88.7 Å². The van der Waals surface area contributed by atoms with Crippen LogP contribution in [0, 0.1) is 0 Å². The Morgan fingerprint density at radius 1 is 1.19 bits per heavy atom. The fourth-order valence-corrected chi connectivity index (χ4v) is 2.64. The third kappa shape index (κ3) is 5.03. The van der Waals surface area contributed by atoms with Crippen molar-refractivity contribution >= 4 is 29.0 Å². The minimum absolute atomic E-state index is 0.421. The monoisotopic (exact) mass is 352 g/mol. The number of nitrogens with one attached hydrogen (secondary N) is 1. The Morgan fingerprint density at radius 2 is 1.92 bits per heavy atom. The number of nitrogens with two attached hydrogens (primary N) is 1. The lowest BCUT2D eigenvalue weighted by molar-refractivity contribution is 0.122. The Hall–Kier alpha value is -2.93. The van der Waals surface area contributed by atoms with Crippen molar-refractivity contribution in [2.24, 2.45) is 10.7 Å². The van der Waals surface area contributed by atoms with Crippen molar-refractivity contribution in [3.05, 3.63) is 48.2 Å². The van der Waals surface area contributed by atoms with E-state index in [1.54, 1.807) is 18.3 Å². The molecule has 7 heteroatoms. The first-order chi connectivity index (χ1) is 12.6. The molecule has 0 spiro atoms. The molecule has 0 saturated carbocycles. The van der Waals surface area contributed by atoms with Crippen LogP contribution >= 0.6 is 0 Å². The van der Waals surface area contributed by atoms with Crippen LogP contribution in [0.3, 0.4) is 0 Å². The molecule has 136 valence electrons. The van der Waals surface area contributed by atoms with Gasteiger partial charge in [-0.1, -0.05) is 5.57 Å². The second-order valence-electron chi connectivity index (χ2n) is 6.27. The lowest BCUT2D eigenvalue weighted by Crippen LogP contribution is -2.36. The van der Waals surface area contributed by atoms with Gasteiger partial charge in [0.1, 0.15) is 5.84 Å². The molecule has 2 heterocycles. The van der Waals surface area contributed by atoms with Gasteiger partial charge in [-0.3, -0.25) is 0 Å². The van der Waals surface area contributed by atoms with Crippen LogP contribution in [-0.2, 0) is 4.74 Å². The zero-order valence-electron chi connectivity index (χ0n) is 15.1. The fourth-order valence-electron chi connectivity index (χ4n) is 2.64. The maximum absolute atomic E-state index is 5.88. The molecule has 0 unspecified atom stereocenters. The van der Waals surface area contributed by atoms with Crippen molar-refractivity contribution < 1.29 is 4.74 Å². The van der Waals surface area contributed by atoms with E-state index in [-0.39, 0.29) is 0 Å². The Balaban J connectivity index is 1.69. The summed E-state index contributed by atoms with van der Waals surface area (Å²) in [5.41, 5.74) is 9.06. The summed E-state index contributed by atoms with van der Waals surface area (Å²) in [6, 6.07) is 9.92. The van der Waals surface area contributed by atoms with Gasteiger partial charge in [0.25, 0.3) is 0 Å². The normalized spacial score (nSPS) is 14.8. The Labute approximate surface area is 153 Å². The molecule has 26 heavy (non-hydrogen) atoms. The number of benzene rings is 1. The summed E-state index contributed by atoms with van der Waals surface area (Å²) in [6.07, 6.45) is 3.46. The number of aromatic nitrogens is 2. The Kier molecular flexibility index (Phi) is 5.80. The zero-order chi connectivity index (χ0) is 18.4. The van der Waals surface area contributed by atoms with E-state index >= 15 is 0 Å². The minimum atomic E-state index is 0.421. The van der Waals surface area contributed by atoms with Gasteiger partial charge in [0, 0.05) is 36.7 Å². The molecule has 3 N–H and O–H groups in total. The van der Waals surface area contributed by atoms with Crippen LogP contribution in [0.5, 0.6) is 0 Å². The van der Waals surface area contributed by atoms with E-state index in [1.807, 2.05) is 26.0 Å². The second kappa shape index (κ2) is 8.44. The van der Waals surface area contributed by atoms with Gasteiger partial charge in [0.2, 0.25) is 5.95 Å². The number of aliphatic imine (C=N–C) groups is 1. The molecule has 1 aromatic heterocycles. The van der Waals surface area contributed by atoms with E-state index in [0.29, 0.717) is 17.6 Å². The molecule has 3 rings (SSSR count). The van der Waals surface area contributed by atoms with Gasteiger partial charge >= 0.3 is 0 Å². The van der Waals surface area contributed by atoms with E-state index in [4.69, 9.17) is 10.5 Å². The predicted molar refractivity (Wildman–Crippen MR) is 106 cm³/mol. The molecule has 0 aliphatic carbocycles. The number of nitrogens with zero attached hydrogens (tertiary/aromatic N) is 4. The average Bonchev–Trinajstić information content (AvgIpc) is 2.63. The number of rotatable bonds is 5. The minimum Gasteiger partial charge on any atom is -0.384 e. The van der Waals surface area contributed by atoms with E-state index < -0.39 is 0 Å². The molecule has 1 saturated heterocycles. The fraction of sp³-hybridized carbons (Fsp3) is 0.316. The third-order valence-corrected chi connectivity index (χ3v) is 3.82. The summed E-state index contributed by atoms with van der Waals surface area (Å²) >= 11 is 0. The van der Waals surface area contributed by atoms with Crippen LogP contribution in [-0.4, -0.2) is 42.1 Å². The molecule has 0 bridgehead atoms. The summed E-state index contributed by atoms with van der Waals surface area (Å²) in [5, 5.41) is 3.20. The van der Waals surface area contributed by atoms with Gasteiger partial charge in [0.15, 0.2) is 5.82 Å². The highest BCUT2D eigenvalue weighted by Crippen LogP contribution is 2.21. The van der Waals surface area contributed by atoms with Crippen LogP contribution in [0.1, 0.15) is 13.8 Å². The Morgan fingerprint density at radius 3 is 2.62 bits per heavy atom. The number of hydrogen-bond donors (Lipinski definition) is 2. The van der Waals surface area contributed by atoms with Gasteiger partial charge in [0.05, 0.1) is 13.2 Å². The summed E-state index contributed by atoms with van der Waals surface area (Å²) in [4.78, 5) is 15.2. The second-order valence-corrected chi connectivity index (χ2v) is 6.27. The maximum Gasteiger partial charge on any atom is 0.229 e. The SMILES string of the molecule is CC(C)=CC(N)=Nc1ccnc(Nc2ccc(N3CCOCC3)cc2)n1. The van der Waals surface area contributed by atoms with Crippen molar-refractivity contribution in [2.75, 3.05) is 36.5 Å². The first kappa shape index (κ1) is 17.9. The predicted octanol–water partition coefficient (Wildman–Crippen LogP) is 3.01. The highest BCUT2D eigenvalue weighted by molar-refractivity contribution is 5.93. The van der Waals surface area contributed by atoms with Gasteiger partial charge in [-0.2, -0.15) is 4.98 Å². The zero-order valence-corrected chi connectivity index (χ0v) is 15.1. The molecule has 1 aliphatic rings. The quantitative estimate of drug-likeness (QED) is 0.635. The van der Waals surface area contributed by atoms with Crippen molar-refractivity contribution in [2.45, 2.75) is 13.8 Å². The summed E-state index contributed by atoms with van der Waals surface area (Å²) < 4.78 is 5.39. The van der Waals surface area contributed by atoms with Gasteiger partial charge in [-0.15, -0.1) is 0 Å². The van der Waals surface area contributed by atoms with E-state index in [1.165, 1.54) is 5.69 Å². The largest absolute Gasteiger partial charge is 0.384 e. The van der Waals surface area contributed by atoms with Crippen molar-refractivity contribution in [3.63, 3.8) is 0 Å². The van der Waals surface area contributed by atoms with Gasteiger partial charge in [-0.25, -0.2) is 9.98 Å². The van der Waals surface area contributed by atoms with Crippen LogP contribution in [0.4, 0.5) is 23.1 Å². The molecule has 7 nitrogen and oxygen atoms in total. The number of amidine groups is 1. The van der Waals surface area contributed by atoms with E-state index in [9.17, 15) is 0 Å². The number of hydrogen-bond acceptors (Lipinski definition) is 6. The molecular weight excluding hydrogens is 328 g/mol. The van der Waals surface area contributed by atoms with Crippen LogP contribution in [0.2, 0.25) is 0 Å². The molecule has 0 radical (unpaired) electrons. The first-order valence-electron chi connectivity index (χ1n) is 8.62. The first-order valence-corrected chi connectivity index (χ1v) is 8.62. The average molecular weight is 352 g/mol.